The Morgan fingerprint density at radius 3 is 2.67 bits per heavy atom. The lowest BCUT2D eigenvalue weighted by molar-refractivity contribution is -0.112. The molecule has 0 bridgehead atoms. The molecule has 0 fully saturated rings. The number of carbonyl (C=O) groups is 1. The highest BCUT2D eigenvalue weighted by molar-refractivity contribution is 9.10. The number of hydrogen-bond donors (Lipinski definition) is 1. The Bertz CT molecular complexity index is 936. The third-order valence-electron chi connectivity index (χ3n) is 3.68. The molecule has 2 rings (SSSR count). The van der Waals surface area contributed by atoms with E-state index >= 15 is 0 Å². The molecule has 0 aromatic heterocycles. The van der Waals surface area contributed by atoms with E-state index in [-0.39, 0.29) is 5.57 Å². The van der Waals surface area contributed by atoms with Crippen molar-refractivity contribution in [3.8, 4) is 17.6 Å². The van der Waals surface area contributed by atoms with Gasteiger partial charge < -0.3 is 14.8 Å². The summed E-state index contributed by atoms with van der Waals surface area (Å²) >= 11 is 9.50. The molecule has 27 heavy (non-hydrogen) atoms. The van der Waals surface area contributed by atoms with E-state index in [4.69, 9.17) is 21.1 Å². The van der Waals surface area contributed by atoms with E-state index in [9.17, 15) is 10.1 Å². The van der Waals surface area contributed by atoms with Crippen molar-refractivity contribution in [3.63, 3.8) is 0 Å². The first-order valence-corrected chi connectivity index (χ1v) is 9.26. The van der Waals surface area contributed by atoms with Crippen LogP contribution in [0.2, 0.25) is 5.02 Å². The summed E-state index contributed by atoms with van der Waals surface area (Å²) in [6.45, 7) is 4.19. The van der Waals surface area contributed by atoms with Crippen LogP contribution in [-0.4, -0.2) is 19.6 Å². The number of nitrogens with one attached hydrogen (secondary N) is 1. The summed E-state index contributed by atoms with van der Waals surface area (Å²) in [6, 6.07) is 10.5. The molecule has 0 heterocycles. The van der Waals surface area contributed by atoms with Gasteiger partial charge in [-0.3, -0.25) is 4.79 Å². The van der Waals surface area contributed by atoms with Crippen LogP contribution in [0.25, 0.3) is 6.08 Å². The largest absolute Gasteiger partial charge is 0.493 e. The molecule has 0 unspecified atom stereocenters. The minimum Gasteiger partial charge on any atom is -0.493 e. The van der Waals surface area contributed by atoms with E-state index in [0.29, 0.717) is 38.9 Å². The van der Waals surface area contributed by atoms with Crippen LogP contribution >= 0.6 is 27.5 Å². The van der Waals surface area contributed by atoms with Crippen LogP contribution in [0.15, 0.2) is 40.4 Å². The van der Waals surface area contributed by atoms with Gasteiger partial charge in [0.25, 0.3) is 5.91 Å². The summed E-state index contributed by atoms with van der Waals surface area (Å²) < 4.78 is 11.5. The number of aryl methyl sites for hydroxylation is 1. The van der Waals surface area contributed by atoms with Crippen molar-refractivity contribution in [3.05, 3.63) is 56.5 Å². The van der Waals surface area contributed by atoms with Crippen LogP contribution in [0, 0.1) is 18.3 Å². The number of amides is 1. The van der Waals surface area contributed by atoms with Crippen LogP contribution in [0.5, 0.6) is 11.5 Å². The van der Waals surface area contributed by atoms with Gasteiger partial charge >= 0.3 is 0 Å². The van der Waals surface area contributed by atoms with E-state index in [2.05, 4.69) is 21.2 Å². The van der Waals surface area contributed by atoms with Crippen molar-refractivity contribution < 1.29 is 14.3 Å². The molecular formula is C20H18BrClN2O3. The Morgan fingerprint density at radius 2 is 2.07 bits per heavy atom. The van der Waals surface area contributed by atoms with Crippen molar-refractivity contribution in [2.45, 2.75) is 13.8 Å². The first kappa shape index (κ1) is 20.8. The average Bonchev–Trinajstić information content (AvgIpc) is 2.64. The van der Waals surface area contributed by atoms with E-state index in [1.807, 2.05) is 19.9 Å². The highest BCUT2D eigenvalue weighted by Crippen LogP contribution is 2.34. The highest BCUT2D eigenvalue weighted by atomic mass is 79.9. The maximum Gasteiger partial charge on any atom is 0.266 e. The number of benzene rings is 2. The van der Waals surface area contributed by atoms with E-state index < -0.39 is 5.91 Å². The second-order valence-corrected chi connectivity index (χ2v) is 6.81. The Balaban J connectivity index is 2.34. The van der Waals surface area contributed by atoms with E-state index in [0.717, 1.165) is 5.56 Å². The molecule has 0 aliphatic heterocycles. The number of methoxy groups -OCH3 is 1. The Hall–Kier alpha value is -2.49. The van der Waals surface area contributed by atoms with Crippen molar-refractivity contribution in [1.29, 1.82) is 5.26 Å². The Labute approximate surface area is 171 Å². The molecular weight excluding hydrogens is 432 g/mol. The number of halogens is 2. The third kappa shape index (κ3) is 5.25. The minimum atomic E-state index is -0.530. The van der Waals surface area contributed by atoms with Gasteiger partial charge in [-0.1, -0.05) is 33.6 Å². The number of nitriles is 1. The number of anilines is 1. The summed E-state index contributed by atoms with van der Waals surface area (Å²) in [5, 5.41) is 12.6. The number of rotatable bonds is 6. The molecule has 0 aliphatic rings. The fourth-order valence-electron chi connectivity index (χ4n) is 2.26. The van der Waals surface area contributed by atoms with Gasteiger partial charge in [0.05, 0.1) is 13.7 Å². The molecule has 140 valence electrons. The van der Waals surface area contributed by atoms with Gasteiger partial charge in [0.2, 0.25) is 0 Å². The van der Waals surface area contributed by atoms with Crippen molar-refractivity contribution in [2.75, 3.05) is 19.0 Å². The second-order valence-electron chi connectivity index (χ2n) is 5.55. The maximum absolute atomic E-state index is 12.5. The standard InChI is InChI=1S/C20H18BrClN2O3/c1-4-27-19-8-13(16(21)10-18(19)26-3)7-14(11-23)20(25)24-15-6-5-12(2)17(22)9-15/h5-10H,4H2,1-3H3,(H,24,25)/b14-7-. The first-order chi connectivity index (χ1) is 12.9. The summed E-state index contributed by atoms with van der Waals surface area (Å²) in [6.07, 6.45) is 1.48. The lowest BCUT2D eigenvalue weighted by atomic mass is 10.1. The summed E-state index contributed by atoms with van der Waals surface area (Å²) in [5.41, 5.74) is 1.98. The molecule has 0 atom stereocenters. The summed E-state index contributed by atoms with van der Waals surface area (Å²) in [7, 11) is 1.54. The number of nitrogens with zero attached hydrogens (tertiary/aromatic N) is 1. The van der Waals surface area contributed by atoms with Crippen LogP contribution in [0.4, 0.5) is 5.69 Å². The van der Waals surface area contributed by atoms with Crippen LogP contribution in [-0.2, 0) is 4.79 Å². The van der Waals surface area contributed by atoms with Gasteiger partial charge in [0.15, 0.2) is 11.5 Å². The summed E-state index contributed by atoms with van der Waals surface area (Å²) in [4.78, 5) is 12.5. The topological polar surface area (TPSA) is 71.3 Å². The molecule has 1 N–H and O–H groups in total. The predicted molar refractivity (Wildman–Crippen MR) is 110 cm³/mol. The van der Waals surface area contributed by atoms with Crippen LogP contribution in [0.3, 0.4) is 0 Å². The first-order valence-electron chi connectivity index (χ1n) is 8.09. The normalized spacial score (nSPS) is 10.9. The second kappa shape index (κ2) is 9.45. The lowest BCUT2D eigenvalue weighted by Crippen LogP contribution is -2.13. The predicted octanol–water partition coefficient (Wildman–Crippen LogP) is 5.36. The lowest BCUT2D eigenvalue weighted by Gasteiger charge is -2.12. The molecule has 2 aromatic rings. The fourth-order valence-corrected chi connectivity index (χ4v) is 2.88. The zero-order chi connectivity index (χ0) is 20.0. The summed E-state index contributed by atoms with van der Waals surface area (Å²) in [5.74, 6) is 0.550. The third-order valence-corrected chi connectivity index (χ3v) is 4.77. The smallest absolute Gasteiger partial charge is 0.266 e. The van der Waals surface area contributed by atoms with Gasteiger partial charge in [0, 0.05) is 15.2 Å². The zero-order valence-corrected chi connectivity index (χ0v) is 17.4. The maximum atomic E-state index is 12.5. The zero-order valence-electron chi connectivity index (χ0n) is 15.1. The number of ether oxygens (including phenoxy) is 2. The minimum absolute atomic E-state index is 0.0555. The molecule has 2 aromatic carbocycles. The fraction of sp³-hybridized carbons (Fsp3) is 0.200. The van der Waals surface area contributed by atoms with E-state index in [1.165, 1.54) is 6.08 Å². The number of carbonyl (C=O) groups excluding carboxylic acids is 1. The molecule has 0 saturated heterocycles. The van der Waals surface area contributed by atoms with Crippen molar-refractivity contribution in [1.82, 2.24) is 0 Å². The molecule has 0 spiro atoms. The average molecular weight is 450 g/mol. The molecule has 0 radical (unpaired) electrons. The monoisotopic (exact) mass is 448 g/mol. The molecule has 1 amide bonds. The molecule has 0 saturated carbocycles. The molecule has 5 nitrogen and oxygen atoms in total. The van der Waals surface area contributed by atoms with Crippen LogP contribution in [0.1, 0.15) is 18.1 Å². The Kier molecular flexibility index (Phi) is 7.28. The van der Waals surface area contributed by atoms with Gasteiger partial charge in [-0.05, 0) is 55.3 Å². The van der Waals surface area contributed by atoms with Gasteiger partial charge in [-0.15, -0.1) is 0 Å². The van der Waals surface area contributed by atoms with Crippen molar-refractivity contribution >= 4 is 45.2 Å². The molecule has 7 heteroatoms. The quantitative estimate of drug-likeness (QED) is 0.476. The molecule has 0 aliphatic carbocycles. The van der Waals surface area contributed by atoms with Crippen molar-refractivity contribution in [2.24, 2.45) is 0 Å². The SMILES string of the molecule is CCOc1cc(/C=C(/C#N)C(=O)Nc2ccc(C)c(Cl)c2)c(Br)cc1OC. The van der Waals surface area contributed by atoms with Gasteiger partial charge in [-0.25, -0.2) is 0 Å². The van der Waals surface area contributed by atoms with Gasteiger partial charge in [-0.2, -0.15) is 5.26 Å². The highest BCUT2D eigenvalue weighted by Gasteiger charge is 2.14. The van der Waals surface area contributed by atoms with Crippen LogP contribution < -0.4 is 14.8 Å². The van der Waals surface area contributed by atoms with Gasteiger partial charge in [0.1, 0.15) is 11.6 Å². The Morgan fingerprint density at radius 1 is 1.33 bits per heavy atom. The number of hydrogen-bond acceptors (Lipinski definition) is 4. The van der Waals surface area contributed by atoms with E-state index in [1.54, 1.807) is 37.4 Å².